The molecular formula is C11H14N2O. The van der Waals surface area contributed by atoms with E-state index in [4.69, 9.17) is 10.5 Å². The van der Waals surface area contributed by atoms with E-state index in [2.05, 4.69) is 11.6 Å². The number of ether oxygens (including phenoxy) is 1. The molecule has 3 heteroatoms. The summed E-state index contributed by atoms with van der Waals surface area (Å²) in [5.41, 5.74) is 5.82. The fraction of sp³-hybridized carbons (Fsp3) is 0.364. The molecule has 3 nitrogen and oxygen atoms in total. The zero-order valence-electron chi connectivity index (χ0n) is 8.02. The highest BCUT2D eigenvalue weighted by Gasteiger charge is 2.46. The van der Waals surface area contributed by atoms with Crippen LogP contribution in [0.4, 0.5) is 0 Å². The highest BCUT2D eigenvalue weighted by atomic mass is 16.5. The van der Waals surface area contributed by atoms with Crippen LogP contribution in [-0.2, 0) is 0 Å². The minimum atomic E-state index is -0.209. The maximum atomic E-state index is 6.03. The first-order chi connectivity index (χ1) is 6.74. The molecule has 1 heterocycles. The molecule has 0 aliphatic heterocycles. The number of rotatable bonds is 4. The molecule has 1 aliphatic carbocycles. The van der Waals surface area contributed by atoms with Crippen molar-refractivity contribution in [1.29, 1.82) is 0 Å². The summed E-state index contributed by atoms with van der Waals surface area (Å²) in [5.74, 6) is 0.606. The molecule has 0 aromatic carbocycles. The first-order valence-electron chi connectivity index (χ1n) is 4.74. The van der Waals surface area contributed by atoms with Crippen LogP contribution < -0.4 is 10.5 Å². The van der Waals surface area contributed by atoms with Gasteiger partial charge in [-0.25, -0.2) is 4.98 Å². The van der Waals surface area contributed by atoms with E-state index in [1.807, 2.05) is 18.2 Å². The third-order valence-corrected chi connectivity index (χ3v) is 2.49. The van der Waals surface area contributed by atoms with E-state index in [-0.39, 0.29) is 11.6 Å². The van der Waals surface area contributed by atoms with Gasteiger partial charge in [-0.05, 0) is 25.0 Å². The monoisotopic (exact) mass is 190 g/mol. The standard InChI is InChI=1S/C11H14N2O/c1-2-9(11(12)6-7-11)14-10-5-3-4-8-13-10/h2-5,8-9H,1,6-7,12H2. The summed E-state index contributed by atoms with van der Waals surface area (Å²) >= 11 is 0. The molecule has 1 saturated carbocycles. The molecule has 1 aromatic heterocycles. The summed E-state index contributed by atoms with van der Waals surface area (Å²) in [4.78, 5) is 4.08. The number of aromatic nitrogens is 1. The third kappa shape index (κ3) is 1.77. The fourth-order valence-corrected chi connectivity index (χ4v) is 1.38. The Labute approximate surface area is 83.6 Å². The number of hydrogen-bond acceptors (Lipinski definition) is 3. The van der Waals surface area contributed by atoms with Gasteiger partial charge in [0.05, 0.1) is 5.54 Å². The smallest absolute Gasteiger partial charge is 0.213 e. The summed E-state index contributed by atoms with van der Waals surface area (Å²) in [6.45, 7) is 3.73. The van der Waals surface area contributed by atoms with Gasteiger partial charge in [0.25, 0.3) is 0 Å². The minimum Gasteiger partial charge on any atom is -0.468 e. The first-order valence-corrected chi connectivity index (χ1v) is 4.74. The molecule has 74 valence electrons. The Hall–Kier alpha value is -1.35. The number of nitrogens with zero attached hydrogens (tertiary/aromatic N) is 1. The molecular weight excluding hydrogens is 176 g/mol. The van der Waals surface area contributed by atoms with Gasteiger partial charge in [0, 0.05) is 12.3 Å². The molecule has 0 saturated heterocycles. The van der Waals surface area contributed by atoms with E-state index >= 15 is 0 Å². The Morgan fingerprint density at radius 1 is 1.57 bits per heavy atom. The van der Waals surface area contributed by atoms with Crippen molar-refractivity contribution in [3.63, 3.8) is 0 Å². The summed E-state index contributed by atoms with van der Waals surface area (Å²) < 4.78 is 5.64. The number of nitrogens with two attached hydrogens (primary N) is 1. The van der Waals surface area contributed by atoms with Crippen molar-refractivity contribution in [3.8, 4) is 5.88 Å². The molecule has 0 spiro atoms. The second-order valence-electron chi connectivity index (χ2n) is 3.68. The second kappa shape index (κ2) is 3.42. The van der Waals surface area contributed by atoms with Gasteiger partial charge in [-0.15, -0.1) is 0 Å². The van der Waals surface area contributed by atoms with Crippen molar-refractivity contribution < 1.29 is 4.74 Å². The van der Waals surface area contributed by atoms with Crippen molar-refractivity contribution in [2.24, 2.45) is 5.73 Å². The van der Waals surface area contributed by atoms with Crippen molar-refractivity contribution in [3.05, 3.63) is 37.1 Å². The topological polar surface area (TPSA) is 48.1 Å². The van der Waals surface area contributed by atoms with Gasteiger partial charge < -0.3 is 10.5 Å². The Morgan fingerprint density at radius 3 is 2.86 bits per heavy atom. The van der Waals surface area contributed by atoms with Crippen LogP contribution in [-0.4, -0.2) is 16.6 Å². The Kier molecular flexibility index (Phi) is 2.25. The molecule has 2 N–H and O–H groups in total. The first kappa shape index (κ1) is 9.21. The average Bonchev–Trinajstić information content (AvgIpc) is 2.95. The normalized spacial score (nSPS) is 19.8. The van der Waals surface area contributed by atoms with Crippen LogP contribution in [0.5, 0.6) is 5.88 Å². The lowest BCUT2D eigenvalue weighted by atomic mass is 10.1. The van der Waals surface area contributed by atoms with E-state index in [0.29, 0.717) is 5.88 Å². The van der Waals surface area contributed by atoms with E-state index in [1.54, 1.807) is 12.3 Å². The highest BCUT2D eigenvalue weighted by Crippen LogP contribution is 2.37. The lowest BCUT2D eigenvalue weighted by Crippen LogP contribution is -2.39. The van der Waals surface area contributed by atoms with Gasteiger partial charge in [0.2, 0.25) is 5.88 Å². The van der Waals surface area contributed by atoms with Gasteiger partial charge in [0.15, 0.2) is 0 Å². The molecule has 14 heavy (non-hydrogen) atoms. The predicted octanol–water partition coefficient (Wildman–Crippen LogP) is 1.51. The predicted molar refractivity (Wildman–Crippen MR) is 55.0 cm³/mol. The maximum absolute atomic E-state index is 6.03. The fourth-order valence-electron chi connectivity index (χ4n) is 1.38. The summed E-state index contributed by atoms with van der Waals surface area (Å²) in [6.07, 6.45) is 5.32. The van der Waals surface area contributed by atoms with Crippen molar-refractivity contribution >= 4 is 0 Å². The Morgan fingerprint density at radius 2 is 2.36 bits per heavy atom. The molecule has 1 unspecified atom stereocenters. The largest absolute Gasteiger partial charge is 0.468 e. The van der Waals surface area contributed by atoms with Gasteiger partial charge in [0.1, 0.15) is 6.10 Å². The van der Waals surface area contributed by atoms with Crippen LogP contribution in [0, 0.1) is 0 Å². The minimum absolute atomic E-state index is 0.127. The van der Waals surface area contributed by atoms with Crippen LogP contribution >= 0.6 is 0 Å². The van der Waals surface area contributed by atoms with Crippen molar-refractivity contribution in [2.75, 3.05) is 0 Å². The van der Waals surface area contributed by atoms with E-state index in [1.165, 1.54) is 0 Å². The van der Waals surface area contributed by atoms with Crippen molar-refractivity contribution in [2.45, 2.75) is 24.5 Å². The second-order valence-corrected chi connectivity index (χ2v) is 3.68. The Balaban J connectivity index is 2.05. The van der Waals surface area contributed by atoms with Gasteiger partial charge in [-0.2, -0.15) is 0 Å². The molecule has 1 aliphatic rings. The molecule has 0 bridgehead atoms. The summed E-state index contributed by atoms with van der Waals surface area (Å²) in [6, 6.07) is 5.56. The van der Waals surface area contributed by atoms with E-state index in [0.717, 1.165) is 12.8 Å². The van der Waals surface area contributed by atoms with Crippen LogP contribution in [0.1, 0.15) is 12.8 Å². The summed E-state index contributed by atoms with van der Waals surface area (Å²) in [7, 11) is 0. The lowest BCUT2D eigenvalue weighted by molar-refractivity contribution is 0.199. The van der Waals surface area contributed by atoms with E-state index < -0.39 is 0 Å². The quantitative estimate of drug-likeness (QED) is 0.732. The molecule has 0 radical (unpaired) electrons. The van der Waals surface area contributed by atoms with Gasteiger partial charge in [-0.3, -0.25) is 0 Å². The van der Waals surface area contributed by atoms with Gasteiger partial charge in [-0.1, -0.05) is 12.6 Å². The lowest BCUT2D eigenvalue weighted by Gasteiger charge is -2.20. The zero-order chi connectivity index (χ0) is 10.0. The van der Waals surface area contributed by atoms with Crippen LogP contribution in [0.2, 0.25) is 0 Å². The average molecular weight is 190 g/mol. The Bertz CT molecular complexity index is 319. The zero-order valence-corrected chi connectivity index (χ0v) is 8.02. The molecule has 2 rings (SSSR count). The van der Waals surface area contributed by atoms with Gasteiger partial charge >= 0.3 is 0 Å². The van der Waals surface area contributed by atoms with Crippen LogP contribution in [0.25, 0.3) is 0 Å². The summed E-state index contributed by atoms with van der Waals surface area (Å²) in [5, 5.41) is 0. The van der Waals surface area contributed by atoms with Crippen molar-refractivity contribution in [1.82, 2.24) is 4.98 Å². The molecule has 0 amide bonds. The van der Waals surface area contributed by atoms with E-state index in [9.17, 15) is 0 Å². The molecule has 1 atom stereocenters. The highest BCUT2D eigenvalue weighted by molar-refractivity contribution is 5.17. The van der Waals surface area contributed by atoms with Crippen LogP contribution in [0.3, 0.4) is 0 Å². The third-order valence-electron chi connectivity index (χ3n) is 2.49. The number of hydrogen-bond donors (Lipinski definition) is 1. The van der Waals surface area contributed by atoms with Crippen LogP contribution in [0.15, 0.2) is 37.1 Å². The SMILES string of the molecule is C=CC(Oc1ccccn1)C1(N)CC1. The molecule has 1 aromatic rings. The number of pyridine rings is 1. The maximum Gasteiger partial charge on any atom is 0.213 e. The molecule has 1 fully saturated rings.